The SMILES string of the molecule is COC(=O)CC=Cc1ccc(N)nc1. The number of hydrogen-bond acceptors (Lipinski definition) is 4. The Balaban J connectivity index is 2.52. The molecule has 0 radical (unpaired) electrons. The van der Waals surface area contributed by atoms with Crippen molar-refractivity contribution in [1.82, 2.24) is 4.98 Å². The Bertz CT molecular complexity index is 330. The molecule has 0 aliphatic carbocycles. The minimum atomic E-state index is -0.260. The van der Waals surface area contributed by atoms with E-state index in [1.54, 1.807) is 24.4 Å². The molecule has 1 heterocycles. The Morgan fingerprint density at radius 1 is 1.64 bits per heavy atom. The lowest BCUT2D eigenvalue weighted by Crippen LogP contribution is -1.96. The highest BCUT2D eigenvalue weighted by molar-refractivity contribution is 5.72. The van der Waals surface area contributed by atoms with Gasteiger partial charge in [0.1, 0.15) is 5.82 Å². The normalized spacial score (nSPS) is 10.4. The third-order valence-electron chi connectivity index (χ3n) is 1.63. The van der Waals surface area contributed by atoms with Crippen LogP contribution in [0.1, 0.15) is 12.0 Å². The second-order valence-corrected chi connectivity index (χ2v) is 2.70. The zero-order valence-corrected chi connectivity index (χ0v) is 7.93. The third-order valence-corrected chi connectivity index (χ3v) is 1.63. The number of pyridine rings is 1. The van der Waals surface area contributed by atoms with Crippen LogP contribution in [0.3, 0.4) is 0 Å². The van der Waals surface area contributed by atoms with Crippen LogP contribution in [-0.4, -0.2) is 18.1 Å². The Labute approximate surface area is 82.4 Å². The molecule has 1 aromatic rings. The molecule has 0 aliphatic heterocycles. The number of nitrogens with two attached hydrogens (primary N) is 1. The van der Waals surface area contributed by atoms with E-state index in [1.807, 2.05) is 6.07 Å². The van der Waals surface area contributed by atoms with Gasteiger partial charge in [0.15, 0.2) is 0 Å². The second kappa shape index (κ2) is 5.01. The number of carbonyl (C=O) groups is 1. The van der Waals surface area contributed by atoms with Crippen LogP contribution in [0, 0.1) is 0 Å². The molecule has 0 saturated carbocycles. The molecule has 0 fully saturated rings. The first-order chi connectivity index (χ1) is 6.72. The highest BCUT2D eigenvalue weighted by Gasteiger charge is 1.94. The fraction of sp³-hybridized carbons (Fsp3) is 0.200. The molecule has 0 bridgehead atoms. The van der Waals surface area contributed by atoms with Gasteiger partial charge >= 0.3 is 5.97 Å². The van der Waals surface area contributed by atoms with Gasteiger partial charge in [0.25, 0.3) is 0 Å². The van der Waals surface area contributed by atoms with E-state index in [1.165, 1.54) is 7.11 Å². The second-order valence-electron chi connectivity index (χ2n) is 2.70. The van der Waals surface area contributed by atoms with E-state index >= 15 is 0 Å². The van der Waals surface area contributed by atoms with E-state index < -0.39 is 0 Å². The number of rotatable bonds is 3. The van der Waals surface area contributed by atoms with Gasteiger partial charge in [-0.05, 0) is 17.7 Å². The van der Waals surface area contributed by atoms with Crippen LogP contribution in [0.25, 0.3) is 6.08 Å². The first-order valence-electron chi connectivity index (χ1n) is 4.17. The fourth-order valence-corrected chi connectivity index (χ4v) is 0.890. The lowest BCUT2D eigenvalue weighted by Gasteiger charge is -1.94. The lowest BCUT2D eigenvalue weighted by atomic mass is 10.2. The van der Waals surface area contributed by atoms with Crippen LogP contribution >= 0.6 is 0 Å². The van der Waals surface area contributed by atoms with E-state index in [-0.39, 0.29) is 12.4 Å². The van der Waals surface area contributed by atoms with Crippen molar-refractivity contribution in [2.24, 2.45) is 0 Å². The Hall–Kier alpha value is -1.84. The molecular weight excluding hydrogens is 180 g/mol. The Morgan fingerprint density at radius 2 is 2.43 bits per heavy atom. The summed E-state index contributed by atoms with van der Waals surface area (Å²) in [5.74, 6) is 0.222. The highest BCUT2D eigenvalue weighted by Crippen LogP contribution is 2.03. The number of carbonyl (C=O) groups excluding carboxylic acids is 1. The predicted molar refractivity (Wildman–Crippen MR) is 54.3 cm³/mol. The average Bonchev–Trinajstić information content (AvgIpc) is 2.21. The minimum Gasteiger partial charge on any atom is -0.469 e. The minimum absolute atomic E-state index is 0.260. The van der Waals surface area contributed by atoms with Crippen molar-refractivity contribution >= 4 is 17.9 Å². The summed E-state index contributed by atoms with van der Waals surface area (Å²) in [6, 6.07) is 3.54. The number of aromatic nitrogens is 1. The molecule has 14 heavy (non-hydrogen) atoms. The summed E-state index contributed by atoms with van der Waals surface area (Å²) >= 11 is 0. The van der Waals surface area contributed by atoms with Crippen LogP contribution in [-0.2, 0) is 9.53 Å². The summed E-state index contributed by atoms with van der Waals surface area (Å²) < 4.78 is 4.48. The maximum Gasteiger partial charge on any atom is 0.309 e. The first kappa shape index (κ1) is 10.2. The smallest absolute Gasteiger partial charge is 0.309 e. The standard InChI is InChI=1S/C10H12N2O2/c1-14-10(13)4-2-3-8-5-6-9(11)12-7-8/h2-3,5-7H,4H2,1H3,(H2,11,12). The van der Waals surface area contributed by atoms with Gasteiger partial charge in [-0.2, -0.15) is 0 Å². The van der Waals surface area contributed by atoms with Crippen molar-refractivity contribution < 1.29 is 9.53 Å². The average molecular weight is 192 g/mol. The monoisotopic (exact) mass is 192 g/mol. The summed E-state index contributed by atoms with van der Waals surface area (Å²) in [7, 11) is 1.36. The number of methoxy groups -OCH3 is 1. The van der Waals surface area contributed by atoms with Crippen LogP contribution in [0.2, 0.25) is 0 Å². The first-order valence-corrected chi connectivity index (χ1v) is 4.17. The summed E-state index contributed by atoms with van der Waals surface area (Å²) in [4.78, 5) is 14.7. The summed E-state index contributed by atoms with van der Waals surface area (Å²) in [6.45, 7) is 0. The van der Waals surface area contributed by atoms with Crippen molar-refractivity contribution in [2.45, 2.75) is 6.42 Å². The molecule has 0 unspecified atom stereocenters. The zero-order valence-electron chi connectivity index (χ0n) is 7.93. The molecule has 0 aromatic carbocycles. The van der Waals surface area contributed by atoms with Gasteiger partial charge in [-0.1, -0.05) is 12.2 Å². The number of nitrogens with zero attached hydrogens (tertiary/aromatic N) is 1. The van der Waals surface area contributed by atoms with Gasteiger partial charge < -0.3 is 10.5 Å². The quantitative estimate of drug-likeness (QED) is 0.732. The van der Waals surface area contributed by atoms with Gasteiger partial charge in [0, 0.05) is 6.20 Å². The van der Waals surface area contributed by atoms with E-state index in [0.717, 1.165) is 5.56 Å². The molecule has 74 valence electrons. The molecule has 4 nitrogen and oxygen atoms in total. The van der Waals surface area contributed by atoms with Gasteiger partial charge in [0.2, 0.25) is 0 Å². The van der Waals surface area contributed by atoms with Crippen molar-refractivity contribution in [3.8, 4) is 0 Å². The highest BCUT2D eigenvalue weighted by atomic mass is 16.5. The van der Waals surface area contributed by atoms with E-state index in [4.69, 9.17) is 5.73 Å². The molecule has 1 rings (SSSR count). The number of nitrogen functional groups attached to an aromatic ring is 1. The third kappa shape index (κ3) is 3.26. The van der Waals surface area contributed by atoms with Crippen molar-refractivity contribution in [1.29, 1.82) is 0 Å². The molecule has 0 atom stereocenters. The molecule has 4 heteroatoms. The topological polar surface area (TPSA) is 65.2 Å². The summed E-state index contributed by atoms with van der Waals surface area (Å²) in [5.41, 5.74) is 6.32. The molecule has 2 N–H and O–H groups in total. The fourth-order valence-electron chi connectivity index (χ4n) is 0.890. The largest absolute Gasteiger partial charge is 0.469 e. The Kier molecular flexibility index (Phi) is 3.67. The van der Waals surface area contributed by atoms with E-state index in [2.05, 4.69) is 9.72 Å². The maximum absolute atomic E-state index is 10.7. The van der Waals surface area contributed by atoms with E-state index in [9.17, 15) is 4.79 Å². The maximum atomic E-state index is 10.7. The van der Waals surface area contributed by atoms with Crippen LogP contribution in [0.4, 0.5) is 5.82 Å². The number of anilines is 1. The summed E-state index contributed by atoms with van der Waals surface area (Å²) in [6.07, 6.45) is 5.42. The molecule has 0 saturated heterocycles. The van der Waals surface area contributed by atoms with Gasteiger partial charge in [-0.3, -0.25) is 4.79 Å². The lowest BCUT2D eigenvalue weighted by molar-refractivity contribution is -0.139. The molecular formula is C10H12N2O2. The molecule has 1 aromatic heterocycles. The van der Waals surface area contributed by atoms with Crippen LogP contribution in [0.15, 0.2) is 24.4 Å². The van der Waals surface area contributed by atoms with Crippen molar-refractivity contribution in [3.05, 3.63) is 30.0 Å². The van der Waals surface area contributed by atoms with Gasteiger partial charge in [0.05, 0.1) is 13.5 Å². The molecule has 0 aliphatic rings. The van der Waals surface area contributed by atoms with Crippen molar-refractivity contribution in [3.63, 3.8) is 0 Å². The molecule has 0 amide bonds. The van der Waals surface area contributed by atoms with Gasteiger partial charge in [-0.25, -0.2) is 4.98 Å². The zero-order chi connectivity index (χ0) is 10.4. The van der Waals surface area contributed by atoms with Crippen LogP contribution < -0.4 is 5.73 Å². The number of esters is 1. The van der Waals surface area contributed by atoms with Gasteiger partial charge in [-0.15, -0.1) is 0 Å². The predicted octanol–water partition coefficient (Wildman–Crippen LogP) is 1.24. The van der Waals surface area contributed by atoms with E-state index in [0.29, 0.717) is 5.82 Å². The Morgan fingerprint density at radius 3 is 3.00 bits per heavy atom. The van der Waals surface area contributed by atoms with Crippen LogP contribution in [0.5, 0.6) is 0 Å². The number of hydrogen-bond donors (Lipinski definition) is 1. The summed E-state index contributed by atoms with van der Waals surface area (Å²) in [5, 5.41) is 0. The number of ether oxygens (including phenoxy) is 1. The molecule has 0 spiro atoms. The van der Waals surface area contributed by atoms with Crippen molar-refractivity contribution in [2.75, 3.05) is 12.8 Å².